The lowest BCUT2D eigenvalue weighted by Crippen LogP contribution is -2.19. The topological polar surface area (TPSA) is 32.3 Å². The SMILES string of the molecule is Cc1cccc2c1CC(CO)N2. The van der Waals surface area contributed by atoms with Crippen LogP contribution in [-0.2, 0) is 6.42 Å². The number of aliphatic hydroxyl groups excluding tert-OH is 1. The van der Waals surface area contributed by atoms with Gasteiger partial charge >= 0.3 is 0 Å². The van der Waals surface area contributed by atoms with Crippen LogP contribution in [0.25, 0.3) is 0 Å². The van der Waals surface area contributed by atoms with Gasteiger partial charge in [-0.2, -0.15) is 0 Å². The molecule has 1 aliphatic heterocycles. The summed E-state index contributed by atoms with van der Waals surface area (Å²) < 4.78 is 0. The lowest BCUT2D eigenvalue weighted by molar-refractivity contribution is 0.277. The van der Waals surface area contributed by atoms with Crippen molar-refractivity contribution in [2.45, 2.75) is 19.4 Å². The Kier molecular flexibility index (Phi) is 1.77. The lowest BCUT2D eigenvalue weighted by atomic mass is 10.0. The molecule has 0 aromatic heterocycles. The predicted octanol–water partition coefficient (Wildman–Crippen LogP) is 1.32. The standard InChI is InChI=1S/C10H13NO/c1-7-3-2-4-10-9(7)5-8(6-12)11-10/h2-4,8,11-12H,5-6H2,1H3. The van der Waals surface area contributed by atoms with E-state index < -0.39 is 0 Å². The van der Waals surface area contributed by atoms with Crippen molar-refractivity contribution >= 4 is 5.69 Å². The molecule has 1 aromatic rings. The van der Waals surface area contributed by atoms with Crippen molar-refractivity contribution in [1.82, 2.24) is 0 Å². The molecule has 12 heavy (non-hydrogen) atoms. The summed E-state index contributed by atoms with van der Waals surface area (Å²) in [6.45, 7) is 2.33. The highest BCUT2D eigenvalue weighted by atomic mass is 16.3. The minimum atomic E-state index is 0.216. The number of hydrogen-bond acceptors (Lipinski definition) is 2. The summed E-state index contributed by atoms with van der Waals surface area (Å²) in [7, 11) is 0. The smallest absolute Gasteiger partial charge is 0.0636 e. The number of rotatable bonds is 1. The Morgan fingerprint density at radius 2 is 2.42 bits per heavy atom. The van der Waals surface area contributed by atoms with Gasteiger partial charge in [0.15, 0.2) is 0 Å². The van der Waals surface area contributed by atoms with E-state index in [4.69, 9.17) is 5.11 Å². The molecule has 2 nitrogen and oxygen atoms in total. The van der Waals surface area contributed by atoms with Gasteiger partial charge in [-0.25, -0.2) is 0 Å². The van der Waals surface area contributed by atoms with Crippen molar-refractivity contribution in [3.8, 4) is 0 Å². The van der Waals surface area contributed by atoms with Crippen molar-refractivity contribution in [3.05, 3.63) is 29.3 Å². The summed E-state index contributed by atoms with van der Waals surface area (Å²) in [5.74, 6) is 0. The number of aliphatic hydroxyl groups is 1. The van der Waals surface area contributed by atoms with Gasteiger partial charge in [0.05, 0.1) is 12.6 Å². The molecule has 1 heterocycles. The maximum absolute atomic E-state index is 8.97. The second-order valence-electron chi connectivity index (χ2n) is 3.33. The number of fused-ring (bicyclic) bond motifs is 1. The maximum Gasteiger partial charge on any atom is 0.0636 e. The van der Waals surface area contributed by atoms with Crippen LogP contribution in [0.3, 0.4) is 0 Å². The van der Waals surface area contributed by atoms with Crippen LogP contribution in [0.2, 0.25) is 0 Å². The van der Waals surface area contributed by atoms with Gasteiger partial charge in [-0.05, 0) is 30.5 Å². The van der Waals surface area contributed by atoms with Gasteiger partial charge < -0.3 is 10.4 Å². The zero-order valence-electron chi connectivity index (χ0n) is 7.17. The maximum atomic E-state index is 8.97. The second kappa shape index (κ2) is 2.79. The zero-order valence-corrected chi connectivity index (χ0v) is 7.17. The molecule has 0 amide bonds. The van der Waals surface area contributed by atoms with Gasteiger partial charge in [0.1, 0.15) is 0 Å². The Morgan fingerprint density at radius 1 is 1.58 bits per heavy atom. The highest BCUT2D eigenvalue weighted by Gasteiger charge is 2.20. The zero-order chi connectivity index (χ0) is 8.55. The normalized spacial score (nSPS) is 20.3. The van der Waals surface area contributed by atoms with Crippen molar-refractivity contribution in [2.24, 2.45) is 0 Å². The van der Waals surface area contributed by atoms with E-state index in [0.29, 0.717) is 0 Å². The van der Waals surface area contributed by atoms with Crippen molar-refractivity contribution in [1.29, 1.82) is 0 Å². The molecule has 0 bridgehead atoms. The van der Waals surface area contributed by atoms with E-state index in [1.165, 1.54) is 16.8 Å². The van der Waals surface area contributed by atoms with Crippen LogP contribution in [0.1, 0.15) is 11.1 Å². The minimum absolute atomic E-state index is 0.216. The van der Waals surface area contributed by atoms with Crippen LogP contribution >= 0.6 is 0 Å². The molecule has 0 radical (unpaired) electrons. The molecule has 64 valence electrons. The van der Waals surface area contributed by atoms with E-state index in [0.717, 1.165) is 6.42 Å². The molecule has 0 saturated carbocycles. The first-order valence-electron chi connectivity index (χ1n) is 4.27. The third kappa shape index (κ3) is 1.08. The highest BCUT2D eigenvalue weighted by molar-refractivity contribution is 5.59. The molecule has 0 spiro atoms. The minimum Gasteiger partial charge on any atom is -0.394 e. The molecule has 1 unspecified atom stereocenters. The molecule has 2 heteroatoms. The van der Waals surface area contributed by atoms with Gasteiger partial charge in [0, 0.05) is 5.69 Å². The monoisotopic (exact) mass is 163 g/mol. The van der Waals surface area contributed by atoms with E-state index in [2.05, 4.69) is 24.4 Å². The quantitative estimate of drug-likeness (QED) is 0.654. The van der Waals surface area contributed by atoms with E-state index in [1.54, 1.807) is 0 Å². The molecule has 2 N–H and O–H groups in total. The van der Waals surface area contributed by atoms with Crippen LogP contribution in [0.5, 0.6) is 0 Å². The second-order valence-corrected chi connectivity index (χ2v) is 3.33. The first kappa shape index (κ1) is 7.62. The molecule has 1 aliphatic rings. The van der Waals surface area contributed by atoms with E-state index >= 15 is 0 Å². The Balaban J connectivity index is 2.35. The number of aryl methyl sites for hydroxylation is 1. The summed E-state index contributed by atoms with van der Waals surface area (Å²) >= 11 is 0. The first-order valence-corrected chi connectivity index (χ1v) is 4.27. The molecule has 0 saturated heterocycles. The van der Waals surface area contributed by atoms with Gasteiger partial charge in [0.2, 0.25) is 0 Å². The third-order valence-corrected chi connectivity index (χ3v) is 2.44. The molecule has 1 atom stereocenters. The summed E-state index contributed by atoms with van der Waals surface area (Å²) in [4.78, 5) is 0. The van der Waals surface area contributed by atoms with E-state index in [-0.39, 0.29) is 12.6 Å². The van der Waals surface area contributed by atoms with Gasteiger partial charge in [-0.1, -0.05) is 12.1 Å². The van der Waals surface area contributed by atoms with E-state index in [1.807, 2.05) is 6.07 Å². The summed E-state index contributed by atoms with van der Waals surface area (Å²) in [6, 6.07) is 6.44. The Hall–Kier alpha value is -1.02. The molecule has 1 aromatic carbocycles. The van der Waals surface area contributed by atoms with Crippen molar-refractivity contribution in [3.63, 3.8) is 0 Å². The molecule has 2 rings (SSSR count). The Bertz CT molecular complexity index is 296. The number of anilines is 1. The third-order valence-electron chi connectivity index (χ3n) is 2.44. The van der Waals surface area contributed by atoms with Crippen LogP contribution in [-0.4, -0.2) is 17.8 Å². The fraction of sp³-hybridized carbons (Fsp3) is 0.400. The first-order chi connectivity index (χ1) is 5.81. The van der Waals surface area contributed by atoms with Crippen LogP contribution < -0.4 is 5.32 Å². The Morgan fingerprint density at radius 3 is 3.08 bits per heavy atom. The molecular formula is C10H13NO. The largest absolute Gasteiger partial charge is 0.394 e. The average Bonchev–Trinajstić information content (AvgIpc) is 2.49. The lowest BCUT2D eigenvalue weighted by Gasteiger charge is -2.04. The number of nitrogens with one attached hydrogen (secondary N) is 1. The number of benzene rings is 1. The predicted molar refractivity (Wildman–Crippen MR) is 49.4 cm³/mol. The van der Waals surface area contributed by atoms with Crippen LogP contribution in [0.15, 0.2) is 18.2 Å². The van der Waals surface area contributed by atoms with E-state index in [9.17, 15) is 0 Å². The van der Waals surface area contributed by atoms with Gasteiger partial charge in [-0.15, -0.1) is 0 Å². The van der Waals surface area contributed by atoms with Crippen molar-refractivity contribution < 1.29 is 5.11 Å². The van der Waals surface area contributed by atoms with Crippen LogP contribution in [0.4, 0.5) is 5.69 Å². The molecular weight excluding hydrogens is 150 g/mol. The number of hydrogen-bond donors (Lipinski definition) is 2. The highest BCUT2D eigenvalue weighted by Crippen LogP contribution is 2.27. The molecule has 0 aliphatic carbocycles. The van der Waals surface area contributed by atoms with Gasteiger partial charge in [0.25, 0.3) is 0 Å². The summed E-state index contributed by atoms with van der Waals surface area (Å²) in [5, 5.41) is 12.2. The van der Waals surface area contributed by atoms with Crippen LogP contribution in [0, 0.1) is 6.92 Å². The fourth-order valence-electron chi connectivity index (χ4n) is 1.74. The Labute approximate surface area is 72.2 Å². The molecule has 0 fully saturated rings. The van der Waals surface area contributed by atoms with Gasteiger partial charge in [-0.3, -0.25) is 0 Å². The fourth-order valence-corrected chi connectivity index (χ4v) is 1.74. The van der Waals surface area contributed by atoms with Crippen molar-refractivity contribution in [2.75, 3.05) is 11.9 Å². The summed E-state index contributed by atoms with van der Waals surface area (Å²) in [5.41, 5.74) is 3.86. The summed E-state index contributed by atoms with van der Waals surface area (Å²) in [6.07, 6.45) is 0.957. The average molecular weight is 163 g/mol.